The van der Waals surface area contributed by atoms with Gasteiger partial charge in [-0.05, 0) is 82.2 Å². The van der Waals surface area contributed by atoms with Gasteiger partial charge in [-0.25, -0.2) is 0 Å². The van der Waals surface area contributed by atoms with E-state index in [1.165, 1.54) is 12.8 Å². The molecule has 0 N–H and O–H groups in total. The molecule has 6 heteroatoms. The molecular weight excluding hydrogens is 431 g/mol. The van der Waals surface area contributed by atoms with E-state index in [1.54, 1.807) is 6.92 Å². The van der Waals surface area contributed by atoms with Crippen molar-refractivity contribution in [3.63, 3.8) is 0 Å². The van der Waals surface area contributed by atoms with E-state index in [0.717, 1.165) is 42.0 Å². The fourth-order valence-corrected chi connectivity index (χ4v) is 5.53. The van der Waals surface area contributed by atoms with Gasteiger partial charge in [0.15, 0.2) is 0 Å². The number of piperidine rings is 1. The maximum absolute atomic E-state index is 11.6. The van der Waals surface area contributed by atoms with E-state index in [4.69, 9.17) is 27.9 Å². The third-order valence-electron chi connectivity index (χ3n) is 6.51. The number of fused-ring (bicyclic) bond motifs is 1. The lowest BCUT2D eigenvalue weighted by Gasteiger charge is -2.41. The summed E-state index contributed by atoms with van der Waals surface area (Å²) in [6.45, 7) is 3.68. The number of hydrogen-bond donors (Lipinski definition) is 0. The minimum atomic E-state index is -0.153. The van der Waals surface area contributed by atoms with Crippen molar-refractivity contribution in [2.75, 3.05) is 27.2 Å². The van der Waals surface area contributed by atoms with Crippen LogP contribution >= 0.6 is 23.2 Å². The number of rotatable bonds is 6. The zero-order chi connectivity index (χ0) is 22.1. The third kappa shape index (κ3) is 5.09. The number of likely N-dealkylation sites (N-methyl/N-ethyl adjacent to an activating group) is 1. The molecule has 0 bridgehead atoms. The molecule has 0 radical (unpaired) electrons. The minimum absolute atomic E-state index is 0.142. The van der Waals surface area contributed by atoms with E-state index in [0.29, 0.717) is 22.5 Å². The predicted molar refractivity (Wildman–Crippen MR) is 126 cm³/mol. The molecule has 31 heavy (non-hydrogen) atoms. The fourth-order valence-electron chi connectivity index (χ4n) is 4.95. The van der Waals surface area contributed by atoms with Gasteiger partial charge in [-0.3, -0.25) is 9.69 Å². The summed E-state index contributed by atoms with van der Waals surface area (Å²) in [4.78, 5) is 16.4. The van der Waals surface area contributed by atoms with Gasteiger partial charge in [-0.2, -0.15) is 0 Å². The van der Waals surface area contributed by atoms with Crippen LogP contribution in [0.15, 0.2) is 36.4 Å². The molecule has 1 heterocycles. The van der Waals surface area contributed by atoms with E-state index in [2.05, 4.69) is 23.9 Å². The van der Waals surface area contributed by atoms with Crippen LogP contribution in [0.4, 0.5) is 0 Å². The minimum Gasteiger partial charge on any atom is -0.484 e. The molecule has 1 saturated heterocycles. The highest BCUT2D eigenvalue weighted by molar-refractivity contribution is 6.35. The Morgan fingerprint density at radius 1 is 1.23 bits per heavy atom. The van der Waals surface area contributed by atoms with Crippen molar-refractivity contribution in [3.05, 3.63) is 63.1 Å². The molecule has 1 fully saturated rings. The third-order valence-corrected chi connectivity index (χ3v) is 7.06. The van der Waals surface area contributed by atoms with Crippen molar-refractivity contribution >= 4 is 29.0 Å². The second-order valence-electron chi connectivity index (χ2n) is 9.05. The lowest BCUT2D eigenvalue weighted by Crippen LogP contribution is -2.51. The van der Waals surface area contributed by atoms with Crippen molar-refractivity contribution in [2.45, 2.75) is 50.8 Å². The lowest BCUT2D eigenvalue weighted by molar-refractivity contribution is -0.116. The van der Waals surface area contributed by atoms with E-state index in [-0.39, 0.29) is 17.9 Å². The highest BCUT2D eigenvalue weighted by atomic mass is 35.5. The molecule has 0 amide bonds. The summed E-state index contributed by atoms with van der Waals surface area (Å²) in [5.41, 5.74) is 3.17. The van der Waals surface area contributed by atoms with Gasteiger partial charge in [0.25, 0.3) is 0 Å². The first-order valence-corrected chi connectivity index (χ1v) is 11.7. The molecule has 4 rings (SSSR count). The molecule has 2 aliphatic rings. The number of ether oxygens (including phenoxy) is 1. The first kappa shape index (κ1) is 22.6. The standard InChI is InChI=1S/C25H30Cl2N2O2/c1-16(30)10-17-6-4-8-20(11-17)31-25-22-12-18(26)13-23(27)21(22)14-24(25)29-9-5-7-19(15-29)28(2)3/h4,6,8,11-13,19,24-25H,5,7,9-10,14-15H2,1-3H3/t19-,24+,25+/m1/s1. The van der Waals surface area contributed by atoms with Crippen molar-refractivity contribution in [1.82, 2.24) is 9.80 Å². The van der Waals surface area contributed by atoms with E-state index < -0.39 is 0 Å². The quantitative estimate of drug-likeness (QED) is 0.593. The summed E-state index contributed by atoms with van der Waals surface area (Å²) in [6, 6.07) is 12.4. The number of carbonyl (C=O) groups is 1. The monoisotopic (exact) mass is 460 g/mol. The van der Waals surface area contributed by atoms with Gasteiger partial charge in [0.1, 0.15) is 17.6 Å². The molecule has 2 aromatic carbocycles. The first-order chi connectivity index (χ1) is 14.8. The molecule has 0 spiro atoms. The van der Waals surface area contributed by atoms with Crippen LogP contribution in [0, 0.1) is 0 Å². The summed E-state index contributed by atoms with van der Waals surface area (Å²) in [7, 11) is 4.31. The van der Waals surface area contributed by atoms with E-state index in [9.17, 15) is 4.79 Å². The Kier molecular flexibility index (Phi) is 6.92. The zero-order valence-electron chi connectivity index (χ0n) is 18.4. The number of likely N-dealkylation sites (tertiary alicyclic amines) is 1. The maximum Gasteiger partial charge on any atom is 0.140 e. The first-order valence-electron chi connectivity index (χ1n) is 10.9. The molecular formula is C25H30Cl2N2O2. The summed E-state index contributed by atoms with van der Waals surface area (Å²) < 4.78 is 6.61. The average Bonchev–Trinajstić information content (AvgIpc) is 3.06. The predicted octanol–water partition coefficient (Wildman–Crippen LogP) is 5.20. The van der Waals surface area contributed by atoms with Crippen molar-refractivity contribution in [2.24, 2.45) is 0 Å². The van der Waals surface area contributed by atoms with Gasteiger partial charge in [-0.15, -0.1) is 0 Å². The molecule has 2 aromatic rings. The van der Waals surface area contributed by atoms with Crippen LogP contribution in [0.2, 0.25) is 10.0 Å². The number of Topliss-reactive ketones (excluding diaryl/α,β-unsaturated/α-hetero) is 1. The zero-order valence-corrected chi connectivity index (χ0v) is 19.9. The Morgan fingerprint density at radius 3 is 2.77 bits per heavy atom. The Balaban J connectivity index is 1.65. The van der Waals surface area contributed by atoms with Crippen LogP contribution in [-0.4, -0.2) is 54.9 Å². The van der Waals surface area contributed by atoms with Crippen molar-refractivity contribution in [1.29, 1.82) is 0 Å². The fraction of sp³-hybridized carbons (Fsp3) is 0.480. The van der Waals surface area contributed by atoms with Crippen molar-refractivity contribution < 1.29 is 9.53 Å². The van der Waals surface area contributed by atoms with Gasteiger partial charge in [0.2, 0.25) is 0 Å². The Bertz CT molecular complexity index is 963. The highest BCUT2D eigenvalue weighted by Gasteiger charge is 2.41. The largest absolute Gasteiger partial charge is 0.484 e. The molecule has 166 valence electrons. The molecule has 1 aliphatic carbocycles. The maximum atomic E-state index is 11.6. The molecule has 3 atom stereocenters. The Morgan fingerprint density at radius 2 is 2.03 bits per heavy atom. The second-order valence-corrected chi connectivity index (χ2v) is 9.89. The van der Waals surface area contributed by atoms with Gasteiger partial charge < -0.3 is 9.64 Å². The summed E-state index contributed by atoms with van der Waals surface area (Å²) in [5, 5.41) is 1.35. The molecule has 0 saturated carbocycles. The van der Waals surface area contributed by atoms with Gasteiger partial charge in [-0.1, -0.05) is 35.3 Å². The van der Waals surface area contributed by atoms with Gasteiger partial charge in [0, 0.05) is 34.6 Å². The van der Waals surface area contributed by atoms with Crippen LogP contribution in [0.5, 0.6) is 5.75 Å². The lowest BCUT2D eigenvalue weighted by atomic mass is 10.0. The normalized spacial score (nSPS) is 23.7. The van der Waals surface area contributed by atoms with Gasteiger partial charge in [0.05, 0.1) is 6.04 Å². The highest BCUT2D eigenvalue weighted by Crippen LogP contribution is 2.43. The topological polar surface area (TPSA) is 32.8 Å². The second kappa shape index (κ2) is 9.50. The van der Waals surface area contributed by atoms with Crippen molar-refractivity contribution in [3.8, 4) is 5.75 Å². The molecule has 0 aromatic heterocycles. The summed E-state index contributed by atoms with van der Waals surface area (Å²) in [5.74, 6) is 0.918. The summed E-state index contributed by atoms with van der Waals surface area (Å²) in [6.07, 6.45) is 3.50. The smallest absolute Gasteiger partial charge is 0.140 e. The number of hydrogen-bond acceptors (Lipinski definition) is 4. The van der Waals surface area contributed by atoms with Crippen LogP contribution in [-0.2, 0) is 17.6 Å². The average molecular weight is 461 g/mol. The summed E-state index contributed by atoms with van der Waals surface area (Å²) >= 11 is 13.0. The van der Waals surface area contributed by atoms with Crippen LogP contribution in [0.3, 0.4) is 0 Å². The number of carbonyl (C=O) groups excluding carboxylic acids is 1. The van der Waals surface area contributed by atoms with Gasteiger partial charge >= 0.3 is 0 Å². The molecule has 4 nitrogen and oxygen atoms in total. The van der Waals surface area contributed by atoms with Crippen LogP contribution < -0.4 is 4.74 Å². The Hall–Kier alpha value is -1.59. The Labute approximate surface area is 195 Å². The number of benzene rings is 2. The molecule has 1 aliphatic heterocycles. The number of halogens is 2. The van der Waals surface area contributed by atoms with E-state index in [1.807, 2.05) is 36.4 Å². The van der Waals surface area contributed by atoms with E-state index >= 15 is 0 Å². The number of nitrogens with zero attached hydrogens (tertiary/aromatic N) is 2. The van der Waals surface area contributed by atoms with Crippen LogP contribution in [0.25, 0.3) is 0 Å². The SMILES string of the molecule is CC(=O)Cc1cccc(O[C@H]2c3cc(Cl)cc(Cl)c3C[C@@H]2N2CCC[C@@H](N(C)C)C2)c1. The van der Waals surface area contributed by atoms with Crippen LogP contribution in [0.1, 0.15) is 42.6 Å². The molecule has 0 unspecified atom stereocenters. The number of ketones is 1.